The zero-order valence-corrected chi connectivity index (χ0v) is 12.3. The van der Waals surface area contributed by atoms with Crippen LogP contribution in [0, 0.1) is 17.8 Å². The average Bonchev–Trinajstić information content (AvgIpc) is 2.46. The van der Waals surface area contributed by atoms with Crippen LogP contribution in [0.2, 0.25) is 0 Å². The third-order valence-electron chi connectivity index (χ3n) is 6.36. The summed E-state index contributed by atoms with van der Waals surface area (Å²) in [6.07, 6.45) is 9.94. The molecule has 4 aliphatic carbocycles. The van der Waals surface area contributed by atoms with Crippen molar-refractivity contribution >= 4 is 10.9 Å². The first-order valence-corrected chi connectivity index (χ1v) is 8.31. The number of fused-ring (bicyclic) bond motifs is 1. The molecular formula is C19H21NO. The summed E-state index contributed by atoms with van der Waals surface area (Å²) in [5, 5.41) is 11.9. The quantitative estimate of drug-likeness (QED) is 0.839. The topological polar surface area (TPSA) is 33.1 Å². The molecule has 2 aromatic rings. The van der Waals surface area contributed by atoms with Gasteiger partial charge in [0.15, 0.2) is 0 Å². The van der Waals surface area contributed by atoms with Crippen molar-refractivity contribution in [2.75, 3.05) is 0 Å². The number of nitrogens with zero attached hydrogens (tertiary/aromatic N) is 1. The molecule has 2 nitrogen and oxygen atoms in total. The molecule has 0 radical (unpaired) electrons. The highest BCUT2D eigenvalue weighted by Gasteiger charge is 2.52. The summed E-state index contributed by atoms with van der Waals surface area (Å²) < 4.78 is 0. The van der Waals surface area contributed by atoms with E-state index in [2.05, 4.69) is 17.1 Å². The highest BCUT2D eigenvalue weighted by Crippen LogP contribution is 2.62. The fourth-order valence-electron chi connectivity index (χ4n) is 6.00. The van der Waals surface area contributed by atoms with Gasteiger partial charge in [-0.05, 0) is 67.8 Å². The van der Waals surface area contributed by atoms with E-state index in [9.17, 15) is 5.11 Å². The van der Waals surface area contributed by atoms with Crippen molar-refractivity contribution < 1.29 is 5.11 Å². The number of rotatable bonds is 1. The van der Waals surface area contributed by atoms with E-state index < -0.39 is 0 Å². The highest BCUT2D eigenvalue weighted by molar-refractivity contribution is 5.85. The van der Waals surface area contributed by atoms with Crippen LogP contribution in [-0.2, 0) is 5.41 Å². The highest BCUT2D eigenvalue weighted by atomic mass is 16.3. The van der Waals surface area contributed by atoms with Gasteiger partial charge in [0.1, 0.15) is 11.3 Å². The van der Waals surface area contributed by atoms with Gasteiger partial charge in [0.05, 0.1) is 0 Å². The molecule has 0 aliphatic heterocycles. The monoisotopic (exact) mass is 279 g/mol. The van der Waals surface area contributed by atoms with Crippen LogP contribution in [0.15, 0.2) is 30.5 Å². The van der Waals surface area contributed by atoms with Crippen molar-refractivity contribution in [1.29, 1.82) is 0 Å². The minimum Gasteiger partial charge on any atom is -0.505 e. The van der Waals surface area contributed by atoms with Crippen LogP contribution in [0.5, 0.6) is 5.75 Å². The summed E-state index contributed by atoms with van der Waals surface area (Å²) in [6, 6.07) is 8.31. The molecule has 2 heteroatoms. The fraction of sp³-hybridized carbons (Fsp3) is 0.526. The molecule has 4 fully saturated rings. The van der Waals surface area contributed by atoms with Gasteiger partial charge >= 0.3 is 0 Å². The van der Waals surface area contributed by atoms with Crippen LogP contribution in [0.3, 0.4) is 0 Å². The fourth-order valence-corrected chi connectivity index (χ4v) is 6.00. The number of aromatic hydroxyl groups is 1. The van der Waals surface area contributed by atoms with Crippen molar-refractivity contribution in [1.82, 2.24) is 4.98 Å². The van der Waals surface area contributed by atoms with E-state index >= 15 is 0 Å². The largest absolute Gasteiger partial charge is 0.505 e. The average molecular weight is 279 g/mol. The molecule has 1 aromatic heterocycles. The number of hydrogen-bond acceptors (Lipinski definition) is 2. The number of benzene rings is 1. The predicted molar refractivity (Wildman–Crippen MR) is 83.3 cm³/mol. The van der Waals surface area contributed by atoms with Crippen LogP contribution >= 0.6 is 0 Å². The number of phenols is 1. The van der Waals surface area contributed by atoms with Gasteiger partial charge < -0.3 is 5.11 Å². The molecule has 4 bridgehead atoms. The van der Waals surface area contributed by atoms with Crippen LogP contribution in [-0.4, -0.2) is 10.1 Å². The van der Waals surface area contributed by atoms with Crippen LogP contribution < -0.4 is 0 Å². The third-order valence-corrected chi connectivity index (χ3v) is 6.36. The summed E-state index contributed by atoms with van der Waals surface area (Å²) in [7, 11) is 0. The zero-order valence-electron chi connectivity index (χ0n) is 12.3. The molecule has 6 rings (SSSR count). The van der Waals surface area contributed by atoms with Gasteiger partial charge in [0, 0.05) is 17.1 Å². The van der Waals surface area contributed by atoms with Crippen LogP contribution in [0.1, 0.15) is 44.1 Å². The second-order valence-electron chi connectivity index (χ2n) is 7.73. The maximum absolute atomic E-state index is 10.8. The maximum Gasteiger partial charge on any atom is 0.145 e. The van der Waals surface area contributed by atoms with Crippen molar-refractivity contribution in [3.05, 3.63) is 36.0 Å². The Morgan fingerprint density at radius 2 is 1.62 bits per heavy atom. The summed E-state index contributed by atoms with van der Waals surface area (Å²) in [6.45, 7) is 0. The number of pyridine rings is 1. The lowest BCUT2D eigenvalue weighted by Crippen LogP contribution is -2.48. The zero-order chi connectivity index (χ0) is 14.0. The molecular weight excluding hydrogens is 258 g/mol. The van der Waals surface area contributed by atoms with Gasteiger partial charge in [-0.3, -0.25) is 4.98 Å². The molecule has 21 heavy (non-hydrogen) atoms. The van der Waals surface area contributed by atoms with Gasteiger partial charge in [-0.1, -0.05) is 18.2 Å². The molecule has 1 N–H and O–H groups in total. The molecule has 0 amide bonds. The van der Waals surface area contributed by atoms with Crippen molar-refractivity contribution in [3.8, 4) is 5.75 Å². The van der Waals surface area contributed by atoms with Crippen LogP contribution in [0.4, 0.5) is 0 Å². The standard InChI is InChI=1S/C19H21NO/c21-18-16(4-3-15-2-1-5-20-17(15)18)19-9-12-6-13(10-19)8-14(7-12)11-19/h1-5,12-14,21H,6-11H2. The summed E-state index contributed by atoms with van der Waals surface area (Å²) >= 11 is 0. The maximum atomic E-state index is 10.8. The molecule has 0 saturated heterocycles. The van der Waals surface area contributed by atoms with Crippen molar-refractivity contribution in [2.45, 2.75) is 43.9 Å². The van der Waals surface area contributed by atoms with Gasteiger partial charge in [0.2, 0.25) is 0 Å². The third kappa shape index (κ3) is 1.62. The molecule has 4 aliphatic rings. The number of phenolic OH excluding ortho intramolecular Hbond substituents is 1. The van der Waals surface area contributed by atoms with E-state index in [0.29, 0.717) is 5.75 Å². The molecule has 1 heterocycles. The minimum atomic E-state index is 0.241. The lowest BCUT2D eigenvalue weighted by molar-refractivity contribution is -0.00604. The van der Waals surface area contributed by atoms with E-state index in [1.807, 2.05) is 12.1 Å². The van der Waals surface area contributed by atoms with E-state index in [-0.39, 0.29) is 5.41 Å². The van der Waals surface area contributed by atoms with Gasteiger partial charge in [-0.2, -0.15) is 0 Å². The Kier molecular flexibility index (Phi) is 2.29. The van der Waals surface area contributed by atoms with Crippen molar-refractivity contribution in [3.63, 3.8) is 0 Å². The predicted octanol–water partition coefficient (Wildman–Crippen LogP) is 4.41. The Morgan fingerprint density at radius 3 is 2.29 bits per heavy atom. The molecule has 0 atom stereocenters. The van der Waals surface area contributed by atoms with Gasteiger partial charge in [-0.15, -0.1) is 0 Å². The van der Waals surface area contributed by atoms with E-state index in [0.717, 1.165) is 28.7 Å². The van der Waals surface area contributed by atoms with Crippen molar-refractivity contribution in [2.24, 2.45) is 17.8 Å². The van der Waals surface area contributed by atoms with E-state index in [1.54, 1.807) is 6.20 Å². The van der Waals surface area contributed by atoms with Gasteiger partial charge in [-0.25, -0.2) is 0 Å². The van der Waals surface area contributed by atoms with E-state index in [1.165, 1.54) is 44.1 Å². The number of hydrogen-bond donors (Lipinski definition) is 1. The summed E-state index contributed by atoms with van der Waals surface area (Å²) in [5.41, 5.74) is 2.21. The van der Waals surface area contributed by atoms with Crippen LogP contribution in [0.25, 0.3) is 10.9 Å². The first kappa shape index (κ1) is 12.0. The normalized spacial score (nSPS) is 37.2. The first-order valence-electron chi connectivity index (χ1n) is 8.31. The lowest BCUT2D eigenvalue weighted by atomic mass is 9.48. The molecule has 108 valence electrons. The lowest BCUT2D eigenvalue weighted by Gasteiger charge is -2.57. The second-order valence-corrected chi connectivity index (χ2v) is 7.73. The first-order chi connectivity index (χ1) is 10.2. The van der Waals surface area contributed by atoms with Gasteiger partial charge in [0.25, 0.3) is 0 Å². The Morgan fingerprint density at radius 1 is 0.952 bits per heavy atom. The second kappa shape index (κ2) is 4.00. The number of aromatic nitrogens is 1. The minimum absolute atomic E-state index is 0.241. The Bertz CT molecular complexity index is 685. The summed E-state index contributed by atoms with van der Waals surface area (Å²) in [4.78, 5) is 4.42. The molecule has 0 unspecified atom stereocenters. The summed E-state index contributed by atoms with van der Waals surface area (Å²) in [5.74, 6) is 3.15. The Labute approximate surface area is 125 Å². The smallest absolute Gasteiger partial charge is 0.145 e. The van der Waals surface area contributed by atoms with E-state index in [4.69, 9.17) is 0 Å². The molecule has 1 aromatic carbocycles. The Balaban J connectivity index is 1.69. The molecule has 4 saturated carbocycles. The Hall–Kier alpha value is -1.57. The molecule has 0 spiro atoms. The SMILES string of the molecule is Oc1c(C23CC4CC(CC(C4)C2)C3)ccc2cccnc12.